The molecule has 0 radical (unpaired) electrons. The molecule has 0 aromatic heterocycles. The zero-order valence-electron chi connectivity index (χ0n) is 8.13. The molecule has 2 nitrogen and oxygen atoms in total. The van der Waals surface area contributed by atoms with Gasteiger partial charge in [0.2, 0.25) is 0 Å². The van der Waals surface area contributed by atoms with E-state index in [1.165, 1.54) is 0 Å². The summed E-state index contributed by atoms with van der Waals surface area (Å²) in [5.41, 5.74) is 0. The van der Waals surface area contributed by atoms with Crippen LogP contribution in [0.1, 0.15) is 12.8 Å². The Bertz CT molecular complexity index is 156. The minimum absolute atomic E-state index is 0.874. The molecule has 0 amide bonds. The molecule has 0 aromatic carbocycles. The maximum atomic E-state index is 5.13. The van der Waals surface area contributed by atoms with Gasteiger partial charge in [-0.1, -0.05) is 24.4 Å². The first kappa shape index (κ1) is 11.8. The molecule has 0 N–H and O–H groups in total. The summed E-state index contributed by atoms with van der Waals surface area (Å²) in [6.07, 6.45) is 1.75. The van der Waals surface area contributed by atoms with Crippen molar-refractivity contribution in [3.05, 3.63) is 0 Å². The van der Waals surface area contributed by atoms with Crippen LogP contribution in [0, 0.1) is 0 Å². The van der Waals surface area contributed by atoms with Crippen LogP contribution in [-0.4, -0.2) is 48.0 Å². The third kappa shape index (κ3) is 4.62. The van der Waals surface area contributed by atoms with Crippen molar-refractivity contribution in [1.29, 1.82) is 0 Å². The number of hydrogen-bond acceptors (Lipinski definition) is 2. The molecule has 12 heavy (non-hydrogen) atoms. The van der Waals surface area contributed by atoms with Gasteiger partial charge in [0.25, 0.3) is 0 Å². The maximum absolute atomic E-state index is 5.13. The van der Waals surface area contributed by atoms with Gasteiger partial charge in [0.05, 0.1) is 9.98 Å². The van der Waals surface area contributed by atoms with E-state index < -0.39 is 0 Å². The largest absolute Gasteiger partial charge is 0.372 e. The van der Waals surface area contributed by atoms with Gasteiger partial charge in [0, 0.05) is 41.0 Å². The monoisotopic (exact) mass is 204 g/mol. The van der Waals surface area contributed by atoms with Crippen LogP contribution in [0.15, 0.2) is 0 Å². The lowest BCUT2D eigenvalue weighted by atomic mass is 10.3. The van der Waals surface area contributed by atoms with Crippen molar-refractivity contribution in [1.82, 2.24) is 9.80 Å². The highest BCUT2D eigenvalue weighted by atomic mass is 32.1. The zero-order valence-corrected chi connectivity index (χ0v) is 9.76. The predicted molar refractivity (Wildman–Crippen MR) is 61.8 cm³/mol. The summed E-state index contributed by atoms with van der Waals surface area (Å²) in [5, 5.41) is 0. The minimum atomic E-state index is 0.874. The molecule has 4 heteroatoms. The van der Waals surface area contributed by atoms with Crippen molar-refractivity contribution in [2.24, 2.45) is 0 Å². The minimum Gasteiger partial charge on any atom is -0.372 e. The van der Waals surface area contributed by atoms with E-state index in [9.17, 15) is 0 Å². The Morgan fingerprint density at radius 2 is 1.08 bits per heavy atom. The first-order chi connectivity index (χ1) is 5.45. The molecule has 0 rings (SSSR count). The van der Waals surface area contributed by atoms with Crippen LogP contribution in [0.4, 0.5) is 0 Å². The molecule has 0 heterocycles. The van der Waals surface area contributed by atoms with E-state index in [2.05, 4.69) is 0 Å². The van der Waals surface area contributed by atoms with Crippen molar-refractivity contribution in [2.75, 3.05) is 28.2 Å². The van der Waals surface area contributed by atoms with E-state index >= 15 is 0 Å². The van der Waals surface area contributed by atoms with E-state index in [1.807, 2.05) is 38.0 Å². The summed E-state index contributed by atoms with van der Waals surface area (Å²) in [5.74, 6) is 0. The first-order valence-electron chi connectivity index (χ1n) is 3.85. The number of rotatable bonds is 3. The molecular formula is C8H16N2S2. The van der Waals surface area contributed by atoms with Gasteiger partial charge in [0.15, 0.2) is 0 Å². The number of nitrogens with zero attached hydrogens (tertiary/aromatic N) is 2. The molecule has 0 aliphatic heterocycles. The molecule has 0 unspecified atom stereocenters. The second-order valence-corrected chi connectivity index (χ2v) is 4.02. The van der Waals surface area contributed by atoms with Crippen molar-refractivity contribution in [3.8, 4) is 0 Å². The van der Waals surface area contributed by atoms with Crippen LogP contribution in [-0.2, 0) is 0 Å². The van der Waals surface area contributed by atoms with Gasteiger partial charge in [-0.25, -0.2) is 0 Å². The van der Waals surface area contributed by atoms with Gasteiger partial charge >= 0.3 is 0 Å². The summed E-state index contributed by atoms with van der Waals surface area (Å²) < 4.78 is 0. The van der Waals surface area contributed by atoms with Gasteiger partial charge in [0.1, 0.15) is 0 Å². The van der Waals surface area contributed by atoms with Crippen molar-refractivity contribution in [2.45, 2.75) is 12.8 Å². The molecule has 0 aromatic rings. The van der Waals surface area contributed by atoms with Crippen LogP contribution in [0.25, 0.3) is 0 Å². The van der Waals surface area contributed by atoms with Gasteiger partial charge in [-0.15, -0.1) is 0 Å². The fraction of sp³-hybridized carbons (Fsp3) is 0.750. The highest BCUT2D eigenvalue weighted by molar-refractivity contribution is 7.80. The predicted octanol–water partition coefficient (Wildman–Crippen LogP) is 1.54. The highest BCUT2D eigenvalue weighted by Gasteiger charge is 2.03. The number of thiocarbonyl (C=S) groups is 2. The quantitative estimate of drug-likeness (QED) is 0.643. The smallest absolute Gasteiger partial charge is 0.0778 e. The molecule has 0 aliphatic carbocycles. The standard InChI is InChI=1S/C8H16N2S2/c1-9(2)7(11)5-6-8(12)10(3)4/h5-6H2,1-4H3. The molecule has 0 atom stereocenters. The lowest BCUT2D eigenvalue weighted by Crippen LogP contribution is -2.24. The molecule has 0 spiro atoms. The molecule has 0 fully saturated rings. The van der Waals surface area contributed by atoms with Crippen molar-refractivity contribution < 1.29 is 0 Å². The number of hydrogen-bond donors (Lipinski definition) is 0. The SMILES string of the molecule is CN(C)C(=S)CCC(=S)N(C)C. The second-order valence-electron chi connectivity index (χ2n) is 3.08. The Morgan fingerprint density at radius 1 is 0.833 bits per heavy atom. The topological polar surface area (TPSA) is 6.48 Å². The lowest BCUT2D eigenvalue weighted by molar-refractivity contribution is 0.601. The highest BCUT2D eigenvalue weighted by Crippen LogP contribution is 2.00. The third-order valence-corrected chi connectivity index (χ3v) is 2.69. The van der Waals surface area contributed by atoms with Crippen LogP contribution in [0.3, 0.4) is 0 Å². The Balaban J connectivity index is 3.69. The van der Waals surface area contributed by atoms with Gasteiger partial charge in [-0.3, -0.25) is 0 Å². The van der Waals surface area contributed by atoms with E-state index in [-0.39, 0.29) is 0 Å². The average Bonchev–Trinajstić information content (AvgIpc) is 1.98. The zero-order chi connectivity index (χ0) is 9.72. The molecule has 0 aliphatic rings. The van der Waals surface area contributed by atoms with Crippen LogP contribution >= 0.6 is 24.4 Å². The van der Waals surface area contributed by atoms with Gasteiger partial charge in [-0.2, -0.15) is 0 Å². The normalized spacial score (nSPS) is 9.33. The van der Waals surface area contributed by atoms with E-state index in [0.717, 1.165) is 22.8 Å². The Hall–Kier alpha value is -0.220. The molecular weight excluding hydrogens is 188 g/mol. The summed E-state index contributed by atoms with van der Waals surface area (Å²) in [7, 11) is 7.84. The summed E-state index contributed by atoms with van der Waals surface area (Å²) in [6.45, 7) is 0. The summed E-state index contributed by atoms with van der Waals surface area (Å²) in [6, 6.07) is 0. The van der Waals surface area contributed by atoms with Crippen molar-refractivity contribution >= 4 is 34.4 Å². The summed E-state index contributed by atoms with van der Waals surface area (Å²) in [4.78, 5) is 5.82. The fourth-order valence-electron chi connectivity index (χ4n) is 0.661. The molecule has 0 saturated carbocycles. The third-order valence-electron chi connectivity index (χ3n) is 1.55. The first-order valence-corrected chi connectivity index (χ1v) is 4.67. The molecule has 0 bridgehead atoms. The lowest BCUT2D eigenvalue weighted by Gasteiger charge is -2.16. The van der Waals surface area contributed by atoms with Crippen molar-refractivity contribution in [3.63, 3.8) is 0 Å². The van der Waals surface area contributed by atoms with E-state index in [0.29, 0.717) is 0 Å². The molecule has 70 valence electrons. The van der Waals surface area contributed by atoms with Crippen LogP contribution < -0.4 is 0 Å². The van der Waals surface area contributed by atoms with Crippen LogP contribution in [0.5, 0.6) is 0 Å². The van der Waals surface area contributed by atoms with Gasteiger partial charge in [-0.05, 0) is 0 Å². The Kier molecular flexibility index (Phi) is 5.33. The van der Waals surface area contributed by atoms with E-state index in [1.54, 1.807) is 0 Å². The van der Waals surface area contributed by atoms with E-state index in [4.69, 9.17) is 24.4 Å². The molecule has 0 saturated heterocycles. The maximum Gasteiger partial charge on any atom is 0.0778 e. The second kappa shape index (κ2) is 5.43. The summed E-state index contributed by atoms with van der Waals surface area (Å²) >= 11 is 10.3. The van der Waals surface area contributed by atoms with Crippen LogP contribution in [0.2, 0.25) is 0 Å². The average molecular weight is 204 g/mol. The Labute approximate surface area is 85.5 Å². The Morgan fingerprint density at radius 3 is 1.25 bits per heavy atom. The fourth-order valence-corrected chi connectivity index (χ4v) is 0.865. The van der Waals surface area contributed by atoms with Gasteiger partial charge < -0.3 is 9.80 Å².